The van der Waals surface area contributed by atoms with Crippen molar-refractivity contribution in [3.8, 4) is 11.5 Å². The molecule has 0 radical (unpaired) electrons. The van der Waals surface area contributed by atoms with Crippen LogP contribution in [0, 0.1) is 5.92 Å². The van der Waals surface area contributed by atoms with Gasteiger partial charge in [-0.15, -0.1) is 11.3 Å². The molecule has 2 rings (SSSR count). The third-order valence-electron chi connectivity index (χ3n) is 3.13. The van der Waals surface area contributed by atoms with Gasteiger partial charge in [-0.25, -0.2) is 8.42 Å². The Labute approximate surface area is 158 Å². The van der Waals surface area contributed by atoms with Gasteiger partial charge < -0.3 is 14.2 Å². The molecule has 2 atom stereocenters. The van der Waals surface area contributed by atoms with Gasteiger partial charge in [0.05, 0.1) is 12.7 Å². The minimum absolute atomic E-state index is 0. The zero-order chi connectivity index (χ0) is 15.2. The second kappa shape index (κ2) is 10.1. The Morgan fingerprint density at radius 2 is 2.09 bits per heavy atom. The normalized spacial score (nSPS) is 18.3. The molecule has 22 heavy (non-hydrogen) atoms. The van der Waals surface area contributed by atoms with Crippen LogP contribution in [0.2, 0.25) is 0 Å². The summed E-state index contributed by atoms with van der Waals surface area (Å²) in [5, 5.41) is 3.80. The first-order chi connectivity index (χ1) is 10.1. The average molecular weight is 360 g/mol. The Kier molecular flexibility index (Phi) is 9.30. The summed E-state index contributed by atoms with van der Waals surface area (Å²) in [5.41, 5.74) is 0. The fourth-order valence-corrected chi connectivity index (χ4v) is 3.22. The number of ether oxygens (including phenoxy) is 3. The van der Waals surface area contributed by atoms with Crippen molar-refractivity contribution in [3.05, 3.63) is 10.8 Å². The summed E-state index contributed by atoms with van der Waals surface area (Å²) in [5.74, 6) is 1.65. The van der Waals surface area contributed by atoms with E-state index in [-0.39, 0.29) is 47.7 Å². The van der Waals surface area contributed by atoms with E-state index in [0.29, 0.717) is 26.2 Å². The number of thiophene rings is 1. The van der Waals surface area contributed by atoms with Crippen molar-refractivity contribution >= 4 is 51.9 Å². The van der Waals surface area contributed by atoms with E-state index >= 15 is 0 Å². The number of hydrogen-bond acceptors (Lipinski definition) is 7. The molecule has 1 aromatic heterocycles. The van der Waals surface area contributed by atoms with Crippen molar-refractivity contribution in [1.29, 1.82) is 0 Å². The molecule has 0 saturated heterocycles. The summed E-state index contributed by atoms with van der Waals surface area (Å²) in [7, 11) is -2.83. The van der Waals surface area contributed by atoms with E-state index in [1.807, 2.05) is 24.6 Å². The van der Waals surface area contributed by atoms with Crippen LogP contribution in [0.1, 0.15) is 20.3 Å². The fraction of sp³-hybridized carbons (Fsp3) is 0.692. The van der Waals surface area contributed by atoms with Crippen molar-refractivity contribution in [2.75, 3.05) is 19.8 Å². The van der Waals surface area contributed by atoms with E-state index in [4.69, 9.17) is 18.4 Å². The van der Waals surface area contributed by atoms with Gasteiger partial charge >= 0.3 is 29.6 Å². The van der Waals surface area contributed by atoms with Gasteiger partial charge in [-0.1, -0.05) is 13.8 Å². The number of thiol groups is 1. The summed E-state index contributed by atoms with van der Waals surface area (Å²) in [6.07, 6.45) is 0.0397. The molecule has 0 saturated carbocycles. The molecule has 0 fully saturated rings. The zero-order valence-electron chi connectivity index (χ0n) is 12.0. The summed E-state index contributed by atoms with van der Waals surface area (Å²) >= 11 is 1.53. The quantitative estimate of drug-likeness (QED) is 0.427. The monoisotopic (exact) mass is 360 g/mol. The van der Waals surface area contributed by atoms with E-state index in [9.17, 15) is 8.42 Å². The molecular weight excluding hydrogens is 339 g/mol. The average Bonchev–Trinajstić information content (AvgIpc) is 2.89. The SMILES string of the molecule is CC(C)C(CCOCC1COc2cscc2O1)O[SH](=O)=O.[NaH]. The first kappa shape index (κ1) is 20.2. The van der Waals surface area contributed by atoms with Crippen LogP contribution in [0.4, 0.5) is 0 Å². The molecule has 0 aliphatic carbocycles. The van der Waals surface area contributed by atoms with E-state index in [2.05, 4.69) is 0 Å². The predicted molar refractivity (Wildman–Crippen MR) is 86.8 cm³/mol. The van der Waals surface area contributed by atoms with Crippen molar-refractivity contribution in [2.24, 2.45) is 5.92 Å². The molecule has 1 aliphatic heterocycles. The Morgan fingerprint density at radius 1 is 1.36 bits per heavy atom. The van der Waals surface area contributed by atoms with E-state index in [1.54, 1.807) is 0 Å². The third kappa shape index (κ3) is 6.35. The maximum atomic E-state index is 10.6. The van der Waals surface area contributed by atoms with Crippen LogP contribution in [0.15, 0.2) is 10.8 Å². The van der Waals surface area contributed by atoms with Crippen molar-refractivity contribution in [3.63, 3.8) is 0 Å². The predicted octanol–water partition coefficient (Wildman–Crippen LogP) is 1.21. The van der Waals surface area contributed by atoms with Crippen LogP contribution in [0.5, 0.6) is 11.5 Å². The van der Waals surface area contributed by atoms with Crippen molar-refractivity contribution in [1.82, 2.24) is 0 Å². The summed E-state index contributed by atoms with van der Waals surface area (Å²) in [4.78, 5) is 0. The van der Waals surface area contributed by atoms with Crippen LogP contribution in [-0.2, 0) is 19.9 Å². The van der Waals surface area contributed by atoms with Gasteiger partial charge in [-0.2, -0.15) is 0 Å². The molecule has 6 nitrogen and oxygen atoms in total. The molecule has 9 heteroatoms. The fourth-order valence-electron chi connectivity index (χ4n) is 1.98. The van der Waals surface area contributed by atoms with Gasteiger partial charge in [0.2, 0.25) is 0 Å². The zero-order valence-corrected chi connectivity index (χ0v) is 13.7. The Balaban J connectivity index is 0.00000242. The minimum atomic E-state index is -2.83. The topological polar surface area (TPSA) is 71.1 Å². The van der Waals surface area contributed by atoms with Crippen LogP contribution < -0.4 is 9.47 Å². The van der Waals surface area contributed by atoms with Gasteiger partial charge in [0, 0.05) is 17.4 Å². The number of rotatable bonds is 8. The number of fused-ring (bicyclic) bond motifs is 1. The van der Waals surface area contributed by atoms with Gasteiger partial charge in [0.15, 0.2) is 17.6 Å². The molecule has 0 amide bonds. The second-order valence-corrected chi connectivity index (χ2v) is 6.53. The van der Waals surface area contributed by atoms with Crippen LogP contribution in [-0.4, -0.2) is 70.0 Å². The van der Waals surface area contributed by atoms with Crippen LogP contribution >= 0.6 is 11.3 Å². The molecule has 0 spiro atoms. The van der Waals surface area contributed by atoms with E-state index < -0.39 is 11.0 Å². The molecule has 1 aromatic rings. The standard InChI is InChI=1S/C13H20O6S2.Na.H/c1-9(2)11(19-21(14)15)3-4-16-5-10-6-17-12-7-20-8-13(12)18-10;;/h7-11,21H,3-6H2,1-2H3;;. The Morgan fingerprint density at radius 3 is 2.77 bits per heavy atom. The van der Waals surface area contributed by atoms with Gasteiger partial charge in [0.25, 0.3) is 11.0 Å². The molecule has 0 aromatic carbocycles. The van der Waals surface area contributed by atoms with Gasteiger partial charge in [-0.05, 0) is 12.3 Å². The maximum absolute atomic E-state index is 10.6. The summed E-state index contributed by atoms with van der Waals surface area (Å²) < 4.78 is 42.9. The molecule has 2 unspecified atom stereocenters. The Hall–Kier alpha value is 0.170. The van der Waals surface area contributed by atoms with E-state index in [0.717, 1.165) is 11.5 Å². The first-order valence-electron chi connectivity index (χ1n) is 6.80. The number of hydrogen-bond donors (Lipinski definition) is 1. The second-order valence-electron chi connectivity index (χ2n) is 5.13. The van der Waals surface area contributed by atoms with Gasteiger partial charge in [-0.3, -0.25) is 4.18 Å². The third-order valence-corrected chi connectivity index (χ3v) is 4.27. The summed E-state index contributed by atoms with van der Waals surface area (Å²) in [6.45, 7) is 5.12. The summed E-state index contributed by atoms with van der Waals surface area (Å²) in [6, 6.07) is 0. The molecule has 2 heterocycles. The molecule has 122 valence electrons. The van der Waals surface area contributed by atoms with Gasteiger partial charge in [0.1, 0.15) is 6.61 Å². The van der Waals surface area contributed by atoms with Crippen LogP contribution in [0.25, 0.3) is 0 Å². The molecule has 0 bridgehead atoms. The van der Waals surface area contributed by atoms with E-state index in [1.165, 1.54) is 11.3 Å². The Bertz CT molecular complexity index is 508. The molecule has 0 N–H and O–H groups in total. The van der Waals surface area contributed by atoms with Crippen molar-refractivity contribution < 1.29 is 26.8 Å². The first-order valence-corrected chi connectivity index (χ1v) is 8.84. The van der Waals surface area contributed by atoms with Crippen molar-refractivity contribution in [2.45, 2.75) is 32.5 Å². The van der Waals surface area contributed by atoms with Crippen LogP contribution in [0.3, 0.4) is 0 Å². The molecular formula is C13H21NaO6S2. The molecule has 1 aliphatic rings.